The van der Waals surface area contributed by atoms with Gasteiger partial charge in [0.2, 0.25) is 5.88 Å². The number of imide groups is 1. The summed E-state index contributed by atoms with van der Waals surface area (Å²) in [4.78, 5) is 31.7. The van der Waals surface area contributed by atoms with Crippen molar-refractivity contribution in [2.45, 2.75) is 5.88 Å². The van der Waals surface area contributed by atoms with Crippen LogP contribution in [0.15, 0.2) is 54.6 Å². The van der Waals surface area contributed by atoms with Crippen molar-refractivity contribution in [1.82, 2.24) is 4.98 Å². The fourth-order valence-electron chi connectivity index (χ4n) is 2.94. The van der Waals surface area contributed by atoms with Gasteiger partial charge >= 0.3 is 0 Å². The predicted octanol–water partition coefficient (Wildman–Crippen LogP) is 4.47. The molecule has 0 N–H and O–H groups in total. The number of halogens is 2. The first-order chi connectivity index (χ1) is 15.4. The van der Waals surface area contributed by atoms with Gasteiger partial charge in [-0.25, -0.2) is 14.3 Å². The Labute approximate surface area is 189 Å². The van der Waals surface area contributed by atoms with Gasteiger partial charge in [0.25, 0.3) is 11.8 Å². The summed E-state index contributed by atoms with van der Waals surface area (Å²) in [6.07, 6.45) is 0. The summed E-state index contributed by atoms with van der Waals surface area (Å²) in [5.41, 5.74) is 0.134. The largest absolute Gasteiger partial charge is 0.497 e. The summed E-state index contributed by atoms with van der Waals surface area (Å²) in [6, 6.07) is 13.3. The van der Waals surface area contributed by atoms with Gasteiger partial charge in [-0.15, -0.1) is 11.6 Å². The highest BCUT2D eigenvalue weighted by Crippen LogP contribution is 2.32. The Kier molecular flexibility index (Phi) is 7.27. The molecule has 0 aliphatic carbocycles. The number of benzene rings is 2. The Balaban J connectivity index is 2.15. The van der Waals surface area contributed by atoms with Crippen molar-refractivity contribution in [2.75, 3.05) is 26.2 Å². The Morgan fingerprint density at radius 1 is 0.875 bits per heavy atom. The second-order valence-electron chi connectivity index (χ2n) is 6.48. The molecule has 1 aromatic heterocycles. The highest BCUT2D eigenvalue weighted by molar-refractivity contribution is 6.26. The Bertz CT molecular complexity index is 1060. The maximum Gasteiger partial charge on any atom is 0.265 e. The molecule has 1 heterocycles. The van der Waals surface area contributed by atoms with Crippen molar-refractivity contribution in [2.24, 2.45) is 0 Å². The summed E-state index contributed by atoms with van der Waals surface area (Å²) in [7, 11) is 4.29. The lowest BCUT2D eigenvalue weighted by Gasteiger charge is -2.23. The number of aromatic nitrogens is 1. The average molecular weight is 459 g/mol. The first kappa shape index (κ1) is 23.0. The number of rotatable bonds is 7. The third kappa shape index (κ3) is 4.65. The predicted molar refractivity (Wildman–Crippen MR) is 117 cm³/mol. The van der Waals surface area contributed by atoms with E-state index in [1.807, 2.05) is 0 Å². The second-order valence-corrected chi connectivity index (χ2v) is 6.75. The minimum Gasteiger partial charge on any atom is -0.497 e. The summed E-state index contributed by atoms with van der Waals surface area (Å²) in [6.45, 7) is 0. The minimum atomic E-state index is -0.772. The lowest BCUT2D eigenvalue weighted by molar-refractivity contribution is 0.0896. The standard InChI is InChI=1S/C23H20ClFN2O5/c1-30-16-8-4-14(5-9-16)22(28)27(23(29)15-6-10-17(31-2)11-7-15)20-12-18(25)19(13-24)26-21(20)32-3/h4-12H,13H2,1-3H3. The molecule has 2 amide bonds. The number of methoxy groups -OCH3 is 3. The molecule has 32 heavy (non-hydrogen) atoms. The normalized spacial score (nSPS) is 10.4. The van der Waals surface area contributed by atoms with Gasteiger partial charge in [-0.05, 0) is 48.5 Å². The van der Waals surface area contributed by atoms with Gasteiger partial charge in [0, 0.05) is 17.2 Å². The molecule has 3 aromatic rings. The van der Waals surface area contributed by atoms with Crippen molar-refractivity contribution in [1.29, 1.82) is 0 Å². The number of carbonyl (C=O) groups excluding carboxylic acids is 2. The number of ether oxygens (including phenoxy) is 3. The van der Waals surface area contributed by atoms with Crippen LogP contribution in [0.4, 0.5) is 10.1 Å². The van der Waals surface area contributed by atoms with Gasteiger partial charge in [-0.1, -0.05) is 0 Å². The molecule has 0 saturated carbocycles. The van der Waals surface area contributed by atoms with E-state index in [0.717, 1.165) is 11.0 Å². The fourth-order valence-corrected chi connectivity index (χ4v) is 3.13. The number of hydrogen-bond acceptors (Lipinski definition) is 6. The Morgan fingerprint density at radius 2 is 1.34 bits per heavy atom. The monoisotopic (exact) mass is 458 g/mol. The molecular formula is C23H20ClFN2O5. The molecule has 9 heteroatoms. The van der Waals surface area contributed by atoms with E-state index in [0.29, 0.717) is 11.5 Å². The SMILES string of the molecule is COc1ccc(C(=O)N(C(=O)c2ccc(OC)cc2)c2cc(F)c(CCl)nc2OC)cc1. The minimum absolute atomic E-state index is 0.0685. The second kappa shape index (κ2) is 10.1. The zero-order valence-corrected chi connectivity index (χ0v) is 18.4. The third-order valence-corrected chi connectivity index (χ3v) is 4.89. The van der Waals surface area contributed by atoms with Crippen molar-refractivity contribution in [3.05, 3.63) is 77.2 Å². The van der Waals surface area contributed by atoms with Crippen LogP contribution in [0.5, 0.6) is 17.4 Å². The molecule has 0 saturated heterocycles. The maximum atomic E-state index is 14.6. The molecule has 0 fully saturated rings. The smallest absolute Gasteiger partial charge is 0.265 e. The molecule has 2 aromatic carbocycles. The number of pyridine rings is 1. The molecule has 0 unspecified atom stereocenters. The number of alkyl halides is 1. The molecule has 0 spiro atoms. The fraction of sp³-hybridized carbons (Fsp3) is 0.174. The lowest BCUT2D eigenvalue weighted by atomic mass is 10.1. The molecule has 0 aliphatic rings. The van der Waals surface area contributed by atoms with E-state index in [9.17, 15) is 14.0 Å². The summed E-state index contributed by atoms with van der Waals surface area (Å²) >= 11 is 5.74. The number of anilines is 1. The van der Waals surface area contributed by atoms with E-state index in [4.69, 9.17) is 25.8 Å². The maximum absolute atomic E-state index is 14.6. The number of amides is 2. The number of nitrogens with zero attached hydrogens (tertiary/aromatic N) is 2. The summed E-state index contributed by atoms with van der Waals surface area (Å²) in [5.74, 6) is -1.44. The van der Waals surface area contributed by atoms with Crippen LogP contribution >= 0.6 is 11.6 Å². The van der Waals surface area contributed by atoms with Gasteiger partial charge in [0.1, 0.15) is 23.0 Å². The van der Waals surface area contributed by atoms with E-state index in [-0.39, 0.29) is 34.3 Å². The van der Waals surface area contributed by atoms with Crippen LogP contribution < -0.4 is 19.1 Å². The highest BCUT2D eigenvalue weighted by atomic mass is 35.5. The van der Waals surface area contributed by atoms with Crippen molar-refractivity contribution < 1.29 is 28.2 Å². The van der Waals surface area contributed by atoms with E-state index in [2.05, 4.69) is 4.98 Å². The van der Waals surface area contributed by atoms with Crippen LogP contribution in [0.25, 0.3) is 0 Å². The number of hydrogen-bond donors (Lipinski definition) is 0. The molecule has 166 valence electrons. The van der Waals surface area contributed by atoms with Crippen LogP contribution in [0.3, 0.4) is 0 Å². The molecule has 3 rings (SSSR count). The molecule has 0 aliphatic heterocycles. The van der Waals surface area contributed by atoms with E-state index in [1.165, 1.54) is 45.6 Å². The van der Waals surface area contributed by atoms with Crippen LogP contribution in [-0.4, -0.2) is 38.1 Å². The van der Waals surface area contributed by atoms with Gasteiger partial charge in [-0.3, -0.25) is 9.59 Å². The lowest BCUT2D eigenvalue weighted by Crippen LogP contribution is -2.37. The highest BCUT2D eigenvalue weighted by Gasteiger charge is 2.30. The van der Waals surface area contributed by atoms with E-state index >= 15 is 0 Å². The Morgan fingerprint density at radius 3 is 1.72 bits per heavy atom. The van der Waals surface area contributed by atoms with E-state index < -0.39 is 17.6 Å². The zero-order valence-electron chi connectivity index (χ0n) is 17.6. The first-order valence-electron chi connectivity index (χ1n) is 9.39. The molecule has 0 radical (unpaired) electrons. The first-order valence-corrected chi connectivity index (χ1v) is 9.93. The van der Waals surface area contributed by atoms with Gasteiger partial charge in [0.05, 0.1) is 32.9 Å². The molecular weight excluding hydrogens is 439 g/mol. The van der Waals surface area contributed by atoms with Crippen LogP contribution in [0, 0.1) is 5.82 Å². The van der Waals surface area contributed by atoms with Crippen molar-refractivity contribution in [3.8, 4) is 17.4 Å². The molecule has 0 atom stereocenters. The average Bonchev–Trinajstić information content (AvgIpc) is 2.84. The van der Waals surface area contributed by atoms with Crippen LogP contribution in [-0.2, 0) is 5.88 Å². The van der Waals surface area contributed by atoms with Crippen LogP contribution in [0.1, 0.15) is 26.4 Å². The van der Waals surface area contributed by atoms with Gasteiger partial charge in [-0.2, -0.15) is 0 Å². The zero-order chi connectivity index (χ0) is 23.3. The quantitative estimate of drug-likeness (QED) is 0.384. The van der Waals surface area contributed by atoms with E-state index in [1.54, 1.807) is 24.3 Å². The van der Waals surface area contributed by atoms with Gasteiger partial charge < -0.3 is 14.2 Å². The molecule has 7 nitrogen and oxygen atoms in total. The third-order valence-electron chi connectivity index (χ3n) is 4.64. The van der Waals surface area contributed by atoms with Gasteiger partial charge in [0.15, 0.2) is 0 Å². The molecule has 0 bridgehead atoms. The van der Waals surface area contributed by atoms with Crippen molar-refractivity contribution >= 4 is 29.1 Å². The Hall–Kier alpha value is -3.65. The summed E-state index contributed by atoms with van der Waals surface area (Å²) < 4.78 is 30.0. The number of carbonyl (C=O) groups is 2. The topological polar surface area (TPSA) is 78.0 Å². The van der Waals surface area contributed by atoms with Crippen LogP contribution in [0.2, 0.25) is 0 Å². The van der Waals surface area contributed by atoms with Crippen molar-refractivity contribution in [3.63, 3.8) is 0 Å². The summed E-state index contributed by atoms with van der Waals surface area (Å²) in [5, 5.41) is 0.